The molecule has 0 spiro atoms. The van der Waals surface area contributed by atoms with Crippen LogP contribution in [-0.2, 0) is 0 Å². The highest BCUT2D eigenvalue weighted by atomic mass is 32.1. The molecule has 0 fully saturated rings. The molecule has 2 heterocycles. The first-order valence-electron chi connectivity index (χ1n) is 6.21. The van der Waals surface area contributed by atoms with Gasteiger partial charge in [-0.3, -0.25) is 4.79 Å². The van der Waals surface area contributed by atoms with Gasteiger partial charge in [0.25, 0.3) is 5.56 Å². The number of benzene rings is 1. The molecule has 6 heteroatoms. The van der Waals surface area contributed by atoms with Crippen molar-refractivity contribution in [1.82, 2.24) is 15.2 Å². The maximum Gasteiger partial charge on any atom is 0.277 e. The molecule has 0 saturated heterocycles. The van der Waals surface area contributed by atoms with Crippen molar-refractivity contribution in [3.8, 4) is 11.4 Å². The summed E-state index contributed by atoms with van der Waals surface area (Å²) in [5.41, 5.74) is 0.452. The average Bonchev–Trinajstić information content (AvgIpc) is 3.04. The van der Waals surface area contributed by atoms with E-state index in [1.807, 2.05) is 41.8 Å². The minimum absolute atomic E-state index is 0.00254. The van der Waals surface area contributed by atoms with E-state index in [1.165, 1.54) is 17.4 Å². The van der Waals surface area contributed by atoms with Gasteiger partial charge in [-0.2, -0.15) is 0 Å². The van der Waals surface area contributed by atoms with Gasteiger partial charge in [-0.1, -0.05) is 36.4 Å². The van der Waals surface area contributed by atoms with Crippen molar-refractivity contribution in [2.24, 2.45) is 0 Å². The standard InChI is InChI=1S/C15H11N3O2S/c19-12(13-7-4-8-21-13)9-11-15(20)16-14(18-17-11)10-5-2-1-3-6-10/h1-9,19H,(H,16,18,20). The summed E-state index contributed by atoms with van der Waals surface area (Å²) >= 11 is 1.38. The van der Waals surface area contributed by atoms with Crippen molar-refractivity contribution < 1.29 is 5.11 Å². The van der Waals surface area contributed by atoms with Crippen molar-refractivity contribution in [1.29, 1.82) is 0 Å². The number of aromatic amines is 1. The van der Waals surface area contributed by atoms with Gasteiger partial charge < -0.3 is 10.1 Å². The third-order valence-corrected chi connectivity index (χ3v) is 3.71. The minimum atomic E-state index is -0.396. The average molecular weight is 297 g/mol. The number of aliphatic hydroxyl groups excluding tert-OH is 1. The first-order valence-corrected chi connectivity index (χ1v) is 7.09. The first kappa shape index (κ1) is 13.3. The lowest BCUT2D eigenvalue weighted by atomic mass is 10.2. The molecule has 0 aliphatic carbocycles. The quantitative estimate of drug-likeness (QED) is 0.728. The van der Waals surface area contributed by atoms with Crippen LogP contribution in [0.25, 0.3) is 23.2 Å². The molecular formula is C15H11N3O2S. The molecule has 0 aliphatic heterocycles. The number of thiophene rings is 1. The third-order valence-electron chi connectivity index (χ3n) is 2.82. The van der Waals surface area contributed by atoms with Crippen molar-refractivity contribution in [2.75, 3.05) is 0 Å². The molecule has 2 N–H and O–H groups in total. The van der Waals surface area contributed by atoms with E-state index in [1.54, 1.807) is 6.07 Å². The van der Waals surface area contributed by atoms with Crippen LogP contribution in [0.2, 0.25) is 0 Å². The molecule has 0 amide bonds. The summed E-state index contributed by atoms with van der Waals surface area (Å²) in [5, 5.41) is 19.6. The summed E-state index contributed by atoms with van der Waals surface area (Å²) in [4.78, 5) is 15.3. The van der Waals surface area contributed by atoms with Gasteiger partial charge in [-0.25, -0.2) is 0 Å². The van der Waals surface area contributed by atoms with Crippen LogP contribution in [0.5, 0.6) is 0 Å². The summed E-state index contributed by atoms with van der Waals surface area (Å²) < 4.78 is 0. The van der Waals surface area contributed by atoms with Crippen molar-refractivity contribution in [2.45, 2.75) is 0 Å². The van der Waals surface area contributed by atoms with Crippen LogP contribution in [0.3, 0.4) is 0 Å². The zero-order chi connectivity index (χ0) is 14.7. The highest BCUT2D eigenvalue weighted by Crippen LogP contribution is 2.19. The summed E-state index contributed by atoms with van der Waals surface area (Å²) in [6.07, 6.45) is 1.31. The zero-order valence-electron chi connectivity index (χ0n) is 10.9. The molecule has 1 aromatic carbocycles. The monoisotopic (exact) mass is 297 g/mol. The van der Waals surface area contributed by atoms with E-state index < -0.39 is 5.56 Å². The zero-order valence-corrected chi connectivity index (χ0v) is 11.7. The van der Waals surface area contributed by atoms with Gasteiger partial charge >= 0.3 is 0 Å². The predicted octanol–water partition coefficient (Wildman–Crippen LogP) is 2.95. The Hall–Kier alpha value is -2.73. The molecule has 2 aromatic heterocycles. The van der Waals surface area contributed by atoms with Gasteiger partial charge in [0.05, 0.1) is 4.88 Å². The second-order valence-corrected chi connectivity index (χ2v) is 5.21. The second-order valence-electron chi connectivity index (χ2n) is 4.26. The molecule has 0 aliphatic rings. The lowest BCUT2D eigenvalue weighted by molar-refractivity contribution is 0.517. The van der Waals surface area contributed by atoms with E-state index in [2.05, 4.69) is 15.2 Å². The Morgan fingerprint density at radius 1 is 1.14 bits per heavy atom. The topological polar surface area (TPSA) is 78.9 Å². The van der Waals surface area contributed by atoms with E-state index in [9.17, 15) is 9.90 Å². The number of H-pyrrole nitrogens is 1. The molecule has 3 aromatic rings. The van der Waals surface area contributed by atoms with E-state index in [0.717, 1.165) is 5.56 Å². The Balaban J connectivity index is 1.96. The van der Waals surface area contributed by atoms with E-state index in [0.29, 0.717) is 10.7 Å². The largest absolute Gasteiger partial charge is 0.506 e. The smallest absolute Gasteiger partial charge is 0.277 e. The number of rotatable bonds is 3. The summed E-state index contributed by atoms with van der Waals surface area (Å²) in [6, 6.07) is 12.8. The maximum absolute atomic E-state index is 12.0. The Morgan fingerprint density at radius 3 is 2.62 bits per heavy atom. The van der Waals surface area contributed by atoms with Crippen LogP contribution in [0.15, 0.2) is 52.6 Å². The molecule has 3 rings (SSSR count). The van der Waals surface area contributed by atoms with Crippen LogP contribution >= 0.6 is 11.3 Å². The number of hydrogen-bond acceptors (Lipinski definition) is 5. The van der Waals surface area contributed by atoms with Gasteiger partial charge in [0.2, 0.25) is 0 Å². The fraction of sp³-hybridized carbons (Fsp3) is 0. The second kappa shape index (κ2) is 5.72. The van der Waals surface area contributed by atoms with E-state index >= 15 is 0 Å². The third kappa shape index (κ3) is 2.90. The van der Waals surface area contributed by atoms with Gasteiger partial charge in [-0.05, 0) is 11.4 Å². The molecule has 0 radical (unpaired) electrons. The Labute approximate surface area is 124 Å². The fourth-order valence-corrected chi connectivity index (χ4v) is 2.43. The molecule has 0 atom stereocenters. The van der Waals surface area contributed by atoms with E-state index in [4.69, 9.17) is 0 Å². The lowest BCUT2D eigenvalue weighted by Crippen LogP contribution is -2.15. The van der Waals surface area contributed by atoms with Crippen LogP contribution in [-0.4, -0.2) is 20.3 Å². The normalized spacial score (nSPS) is 11.5. The fourth-order valence-electron chi connectivity index (χ4n) is 1.79. The SMILES string of the molecule is O=c1[nH]c(-c2ccccc2)nnc1C=C(O)c1cccs1. The summed E-state index contributed by atoms with van der Waals surface area (Å²) in [6.45, 7) is 0. The first-order chi connectivity index (χ1) is 10.2. The van der Waals surface area contributed by atoms with Gasteiger partial charge in [0, 0.05) is 11.6 Å². The molecule has 21 heavy (non-hydrogen) atoms. The minimum Gasteiger partial charge on any atom is -0.506 e. The highest BCUT2D eigenvalue weighted by molar-refractivity contribution is 7.11. The number of hydrogen-bond donors (Lipinski definition) is 2. The van der Waals surface area contributed by atoms with Crippen molar-refractivity contribution >= 4 is 23.2 Å². The van der Waals surface area contributed by atoms with Crippen molar-refractivity contribution in [3.05, 3.63) is 68.8 Å². The van der Waals surface area contributed by atoms with Gasteiger partial charge in [0.1, 0.15) is 5.76 Å². The predicted molar refractivity (Wildman–Crippen MR) is 82.9 cm³/mol. The van der Waals surface area contributed by atoms with Crippen LogP contribution < -0.4 is 5.56 Å². The highest BCUT2D eigenvalue weighted by Gasteiger charge is 2.07. The van der Waals surface area contributed by atoms with Crippen LogP contribution in [0.1, 0.15) is 10.6 Å². The Morgan fingerprint density at radius 2 is 1.95 bits per heavy atom. The molecule has 0 saturated carbocycles. The van der Waals surface area contributed by atoms with Crippen LogP contribution in [0.4, 0.5) is 0 Å². The molecular weight excluding hydrogens is 286 g/mol. The van der Waals surface area contributed by atoms with Crippen LogP contribution in [0, 0.1) is 0 Å². The molecule has 5 nitrogen and oxygen atoms in total. The summed E-state index contributed by atoms with van der Waals surface area (Å²) in [7, 11) is 0. The number of nitrogens with zero attached hydrogens (tertiary/aromatic N) is 2. The van der Waals surface area contributed by atoms with Gasteiger partial charge in [0.15, 0.2) is 11.5 Å². The lowest BCUT2D eigenvalue weighted by Gasteiger charge is -2.00. The van der Waals surface area contributed by atoms with Gasteiger partial charge in [-0.15, -0.1) is 21.5 Å². The summed E-state index contributed by atoms with van der Waals surface area (Å²) in [5.74, 6) is 0.394. The van der Waals surface area contributed by atoms with Crippen molar-refractivity contribution in [3.63, 3.8) is 0 Å². The maximum atomic E-state index is 12.0. The number of aromatic nitrogens is 3. The van der Waals surface area contributed by atoms with E-state index in [-0.39, 0.29) is 11.5 Å². The molecule has 104 valence electrons. The molecule has 0 unspecified atom stereocenters. The number of nitrogens with one attached hydrogen (secondary N) is 1. The molecule has 0 bridgehead atoms. The Bertz CT molecular complexity index is 824. The Kier molecular flexibility index (Phi) is 3.61. The number of aliphatic hydroxyl groups is 1.